The van der Waals surface area contributed by atoms with Gasteiger partial charge in [-0.1, -0.05) is 13.8 Å². The molecule has 0 heterocycles. The summed E-state index contributed by atoms with van der Waals surface area (Å²) in [4.78, 5) is 2.46. The second kappa shape index (κ2) is 7.20. The van der Waals surface area contributed by atoms with Crippen molar-refractivity contribution >= 4 is 0 Å². The Balaban J connectivity index is 2.04. The minimum absolute atomic E-state index is 0.464. The zero-order valence-corrected chi connectivity index (χ0v) is 10.3. The Hall–Kier alpha value is -0.120. The van der Waals surface area contributed by atoms with Gasteiger partial charge in [0, 0.05) is 25.2 Å². The molecule has 3 N–H and O–H groups in total. The molecule has 90 valence electrons. The van der Waals surface area contributed by atoms with Crippen LogP contribution in [0.5, 0.6) is 0 Å². The van der Waals surface area contributed by atoms with Crippen LogP contribution in [0.1, 0.15) is 39.5 Å². The molecule has 0 bridgehead atoms. The number of hydrogen-bond acceptors (Lipinski definition) is 3. The van der Waals surface area contributed by atoms with Crippen molar-refractivity contribution in [2.24, 2.45) is 5.73 Å². The van der Waals surface area contributed by atoms with Gasteiger partial charge in [-0.3, -0.25) is 0 Å². The van der Waals surface area contributed by atoms with Gasteiger partial charge in [0.15, 0.2) is 0 Å². The quantitative estimate of drug-likeness (QED) is 0.696. The predicted octanol–water partition coefficient (Wildman–Crippen LogP) is 1.19. The Morgan fingerprint density at radius 2 is 1.73 bits per heavy atom. The van der Waals surface area contributed by atoms with Crippen molar-refractivity contribution in [2.45, 2.75) is 51.6 Å². The second-order valence-corrected chi connectivity index (χ2v) is 4.59. The summed E-state index contributed by atoms with van der Waals surface area (Å²) in [7, 11) is 0. The van der Waals surface area contributed by atoms with Crippen molar-refractivity contribution in [3.8, 4) is 0 Å². The van der Waals surface area contributed by atoms with Gasteiger partial charge in [0.05, 0.1) is 0 Å². The van der Waals surface area contributed by atoms with E-state index in [1.807, 2.05) is 0 Å². The third-order valence-corrected chi connectivity index (χ3v) is 3.53. The maximum atomic E-state index is 5.88. The number of hydrogen-bond donors (Lipinski definition) is 2. The highest BCUT2D eigenvalue weighted by Crippen LogP contribution is 2.16. The van der Waals surface area contributed by atoms with Crippen molar-refractivity contribution in [1.82, 2.24) is 10.2 Å². The maximum Gasteiger partial charge on any atom is 0.0107 e. The molecule has 0 aromatic heterocycles. The molecule has 0 aromatic rings. The first-order valence-electron chi connectivity index (χ1n) is 6.47. The molecule has 0 amide bonds. The highest BCUT2D eigenvalue weighted by Gasteiger charge is 2.17. The van der Waals surface area contributed by atoms with Crippen LogP contribution in [0, 0.1) is 0 Å². The standard InChI is InChI=1S/C12H27N3/c1-3-15(4-2)10-9-14-12-7-5-11(13)6-8-12/h11-12,14H,3-10,13H2,1-2H3. The molecule has 0 radical (unpaired) electrons. The normalized spacial score (nSPS) is 27.2. The van der Waals surface area contributed by atoms with E-state index < -0.39 is 0 Å². The van der Waals surface area contributed by atoms with Crippen LogP contribution in [0.3, 0.4) is 0 Å². The summed E-state index contributed by atoms with van der Waals surface area (Å²) in [5.41, 5.74) is 5.88. The Labute approximate surface area is 94.4 Å². The van der Waals surface area contributed by atoms with Crippen molar-refractivity contribution in [3.05, 3.63) is 0 Å². The summed E-state index contributed by atoms with van der Waals surface area (Å²) in [6, 6.07) is 1.19. The topological polar surface area (TPSA) is 41.3 Å². The number of nitrogens with zero attached hydrogens (tertiary/aromatic N) is 1. The first kappa shape index (κ1) is 12.9. The number of nitrogens with two attached hydrogens (primary N) is 1. The lowest BCUT2D eigenvalue weighted by Gasteiger charge is -2.28. The van der Waals surface area contributed by atoms with Crippen LogP contribution < -0.4 is 11.1 Å². The van der Waals surface area contributed by atoms with Gasteiger partial charge in [0.25, 0.3) is 0 Å². The molecule has 1 fully saturated rings. The molecule has 3 nitrogen and oxygen atoms in total. The number of nitrogens with one attached hydrogen (secondary N) is 1. The van der Waals surface area contributed by atoms with Crippen LogP contribution in [0.25, 0.3) is 0 Å². The van der Waals surface area contributed by atoms with Gasteiger partial charge in [-0.25, -0.2) is 0 Å². The Morgan fingerprint density at radius 3 is 2.27 bits per heavy atom. The van der Waals surface area contributed by atoms with E-state index in [0.717, 1.165) is 25.7 Å². The van der Waals surface area contributed by atoms with Crippen LogP contribution in [0.2, 0.25) is 0 Å². The lowest BCUT2D eigenvalue weighted by Crippen LogP contribution is -2.41. The summed E-state index contributed by atoms with van der Waals surface area (Å²) in [6.07, 6.45) is 4.92. The monoisotopic (exact) mass is 213 g/mol. The highest BCUT2D eigenvalue weighted by atomic mass is 15.1. The molecule has 15 heavy (non-hydrogen) atoms. The van der Waals surface area contributed by atoms with Crippen LogP contribution in [-0.2, 0) is 0 Å². The van der Waals surface area contributed by atoms with Crippen LogP contribution in [0.4, 0.5) is 0 Å². The van der Waals surface area contributed by atoms with Crippen molar-refractivity contribution in [1.29, 1.82) is 0 Å². The fourth-order valence-corrected chi connectivity index (χ4v) is 2.29. The molecule has 3 heteroatoms. The fraction of sp³-hybridized carbons (Fsp3) is 1.00. The van der Waals surface area contributed by atoms with Crippen LogP contribution >= 0.6 is 0 Å². The molecule has 1 aliphatic carbocycles. The average molecular weight is 213 g/mol. The molecule has 1 saturated carbocycles. The SMILES string of the molecule is CCN(CC)CCNC1CCC(N)CC1. The largest absolute Gasteiger partial charge is 0.328 e. The van der Waals surface area contributed by atoms with Gasteiger partial charge in [-0.2, -0.15) is 0 Å². The average Bonchev–Trinajstić information content (AvgIpc) is 2.27. The first-order valence-corrected chi connectivity index (χ1v) is 6.47. The Bertz CT molecular complexity index is 149. The van der Waals surface area contributed by atoms with E-state index in [1.54, 1.807) is 0 Å². The van der Waals surface area contributed by atoms with Gasteiger partial charge in [0.1, 0.15) is 0 Å². The van der Waals surface area contributed by atoms with Gasteiger partial charge >= 0.3 is 0 Å². The zero-order chi connectivity index (χ0) is 11.1. The van der Waals surface area contributed by atoms with Gasteiger partial charge in [-0.05, 0) is 38.8 Å². The number of rotatable bonds is 6. The lowest BCUT2D eigenvalue weighted by atomic mass is 9.92. The lowest BCUT2D eigenvalue weighted by molar-refractivity contribution is 0.280. The van der Waals surface area contributed by atoms with E-state index in [9.17, 15) is 0 Å². The van der Waals surface area contributed by atoms with Gasteiger partial charge in [0.2, 0.25) is 0 Å². The minimum atomic E-state index is 0.464. The molecule has 1 rings (SSSR count). The van der Waals surface area contributed by atoms with Crippen molar-refractivity contribution in [3.63, 3.8) is 0 Å². The maximum absolute atomic E-state index is 5.88. The molecule has 0 aromatic carbocycles. The highest BCUT2D eigenvalue weighted by molar-refractivity contribution is 4.78. The van der Waals surface area contributed by atoms with Gasteiger partial charge < -0.3 is 16.0 Å². The smallest absolute Gasteiger partial charge is 0.0107 e. The molecule has 0 unspecified atom stereocenters. The van der Waals surface area contributed by atoms with E-state index in [0.29, 0.717) is 6.04 Å². The van der Waals surface area contributed by atoms with E-state index in [4.69, 9.17) is 5.73 Å². The molecule has 1 aliphatic rings. The van der Waals surface area contributed by atoms with Crippen molar-refractivity contribution < 1.29 is 0 Å². The third kappa shape index (κ3) is 4.96. The van der Waals surface area contributed by atoms with E-state index in [-0.39, 0.29) is 0 Å². The second-order valence-electron chi connectivity index (χ2n) is 4.59. The molecule has 0 atom stereocenters. The molecular formula is C12H27N3. The summed E-state index contributed by atoms with van der Waals surface area (Å²) >= 11 is 0. The van der Waals surface area contributed by atoms with Crippen LogP contribution in [-0.4, -0.2) is 43.2 Å². The van der Waals surface area contributed by atoms with E-state index in [1.165, 1.54) is 32.2 Å². The molecular weight excluding hydrogens is 186 g/mol. The molecule has 0 spiro atoms. The van der Waals surface area contributed by atoms with E-state index in [2.05, 4.69) is 24.1 Å². The van der Waals surface area contributed by atoms with Crippen molar-refractivity contribution in [2.75, 3.05) is 26.2 Å². The minimum Gasteiger partial charge on any atom is -0.328 e. The molecule has 0 aliphatic heterocycles. The summed E-state index contributed by atoms with van der Waals surface area (Å²) in [5.74, 6) is 0. The number of likely N-dealkylation sites (N-methyl/N-ethyl adjacent to an activating group) is 1. The Morgan fingerprint density at radius 1 is 1.13 bits per heavy atom. The Kier molecular flexibility index (Phi) is 6.22. The fourth-order valence-electron chi connectivity index (χ4n) is 2.29. The van der Waals surface area contributed by atoms with Crippen LogP contribution in [0.15, 0.2) is 0 Å². The molecule has 0 saturated heterocycles. The summed E-state index contributed by atoms with van der Waals surface area (Å²) in [6.45, 7) is 9.07. The zero-order valence-electron chi connectivity index (χ0n) is 10.3. The third-order valence-electron chi connectivity index (χ3n) is 3.53. The first-order chi connectivity index (χ1) is 7.26. The summed E-state index contributed by atoms with van der Waals surface area (Å²) in [5, 5.41) is 3.64. The van der Waals surface area contributed by atoms with Gasteiger partial charge in [-0.15, -0.1) is 0 Å². The predicted molar refractivity (Wildman–Crippen MR) is 66.0 cm³/mol. The summed E-state index contributed by atoms with van der Waals surface area (Å²) < 4.78 is 0. The van der Waals surface area contributed by atoms with E-state index >= 15 is 0 Å².